The summed E-state index contributed by atoms with van der Waals surface area (Å²) < 4.78 is 108. The van der Waals surface area contributed by atoms with E-state index in [-0.39, 0.29) is 29.1 Å². The molecular weight excluding hydrogens is 707 g/mol. The second kappa shape index (κ2) is 10.8. The fourth-order valence-electron chi connectivity index (χ4n) is 3.40. The summed E-state index contributed by atoms with van der Waals surface area (Å²) >= 11 is 4.07. The number of alkyl halides is 7. The standard InChI is InChI=1S/C24H14BrF8IN2O2/c1-36(21(38)12-6-3-2-4-7-12)17-9-5-8-14(18(17)26)20(37)35-19-15(25)10-13(11-16(19)34)22(27,23(28,29)30)24(31,32)33/h2-11H,1H3,(H,35,37). The van der Waals surface area contributed by atoms with Gasteiger partial charge in [-0.05, 0) is 74.9 Å². The molecule has 0 saturated heterocycles. The number of amides is 2. The zero-order chi connectivity index (χ0) is 28.6. The summed E-state index contributed by atoms with van der Waals surface area (Å²) in [6.07, 6.45) is -12.7. The number of nitrogens with one attached hydrogen (secondary N) is 1. The van der Waals surface area contributed by atoms with E-state index in [2.05, 4.69) is 21.2 Å². The maximum atomic E-state index is 15.3. The highest BCUT2D eigenvalue weighted by atomic mass is 127. The minimum atomic E-state index is -6.33. The predicted octanol–water partition coefficient (Wildman–Crippen LogP) is 8.01. The lowest BCUT2D eigenvalue weighted by molar-refractivity contribution is -0.348. The number of nitrogens with zero attached hydrogens (tertiary/aromatic N) is 1. The van der Waals surface area contributed by atoms with Gasteiger partial charge in [-0.2, -0.15) is 26.3 Å². The molecule has 0 fully saturated rings. The molecule has 3 aromatic rings. The Hall–Kier alpha value is -2.75. The maximum absolute atomic E-state index is 15.3. The first-order valence-corrected chi connectivity index (χ1v) is 12.1. The van der Waals surface area contributed by atoms with Crippen LogP contribution in [0.25, 0.3) is 0 Å². The fourth-order valence-corrected chi connectivity index (χ4v) is 5.09. The lowest BCUT2D eigenvalue weighted by Crippen LogP contribution is -2.50. The lowest BCUT2D eigenvalue weighted by Gasteiger charge is -2.31. The van der Waals surface area contributed by atoms with Gasteiger partial charge in [0, 0.05) is 26.2 Å². The van der Waals surface area contributed by atoms with Crippen LogP contribution in [0.4, 0.5) is 46.5 Å². The molecule has 3 aromatic carbocycles. The normalized spacial score (nSPS) is 12.3. The van der Waals surface area contributed by atoms with Crippen LogP contribution in [-0.2, 0) is 5.67 Å². The predicted molar refractivity (Wildman–Crippen MR) is 135 cm³/mol. The number of rotatable bonds is 5. The van der Waals surface area contributed by atoms with Gasteiger partial charge in [0.1, 0.15) is 0 Å². The highest BCUT2D eigenvalue weighted by molar-refractivity contribution is 14.1. The van der Waals surface area contributed by atoms with Crippen molar-refractivity contribution in [3.8, 4) is 0 Å². The summed E-state index contributed by atoms with van der Waals surface area (Å²) in [5.41, 5.74) is -8.38. The van der Waals surface area contributed by atoms with Crippen LogP contribution in [0, 0.1) is 9.39 Å². The van der Waals surface area contributed by atoms with Crippen LogP contribution in [0.1, 0.15) is 26.3 Å². The third-order valence-corrected chi connectivity index (χ3v) is 6.85. The van der Waals surface area contributed by atoms with Gasteiger partial charge in [0.25, 0.3) is 11.8 Å². The monoisotopic (exact) mass is 720 g/mol. The van der Waals surface area contributed by atoms with Crippen LogP contribution in [-0.4, -0.2) is 31.2 Å². The van der Waals surface area contributed by atoms with Crippen LogP contribution in [0.2, 0.25) is 0 Å². The third-order valence-electron chi connectivity index (χ3n) is 5.37. The summed E-state index contributed by atoms with van der Waals surface area (Å²) in [5, 5.41) is 2.20. The molecule has 0 spiro atoms. The molecule has 0 aromatic heterocycles. The molecule has 3 rings (SSSR count). The Morgan fingerprint density at radius 3 is 2.00 bits per heavy atom. The molecule has 0 aliphatic heterocycles. The van der Waals surface area contributed by atoms with Crippen molar-refractivity contribution >= 4 is 61.7 Å². The number of carbonyl (C=O) groups excluding carboxylic acids is 2. The molecular formula is C24H14BrF8IN2O2. The van der Waals surface area contributed by atoms with Crippen molar-refractivity contribution in [3.63, 3.8) is 0 Å². The summed E-state index contributed by atoms with van der Waals surface area (Å²) in [5.74, 6) is -2.83. The van der Waals surface area contributed by atoms with Crippen molar-refractivity contribution in [3.05, 3.63) is 91.2 Å². The van der Waals surface area contributed by atoms with E-state index in [0.717, 1.165) is 11.0 Å². The second-order valence-electron chi connectivity index (χ2n) is 7.79. The van der Waals surface area contributed by atoms with Crippen LogP contribution >= 0.6 is 38.5 Å². The van der Waals surface area contributed by atoms with Crippen LogP contribution in [0.15, 0.2) is 65.1 Å². The van der Waals surface area contributed by atoms with Crippen LogP contribution in [0.5, 0.6) is 0 Å². The first-order chi connectivity index (χ1) is 17.5. The highest BCUT2D eigenvalue weighted by Gasteiger charge is 2.73. The van der Waals surface area contributed by atoms with Gasteiger partial charge in [0.15, 0.2) is 5.82 Å². The van der Waals surface area contributed by atoms with E-state index in [9.17, 15) is 40.3 Å². The number of hydrogen-bond donors (Lipinski definition) is 1. The first-order valence-electron chi connectivity index (χ1n) is 10.3. The number of halogens is 10. The van der Waals surface area contributed by atoms with Gasteiger partial charge in [-0.15, -0.1) is 0 Å². The summed E-state index contributed by atoms with van der Waals surface area (Å²) in [6, 6.07) is 12.0. The molecule has 0 aliphatic rings. The molecule has 14 heteroatoms. The SMILES string of the molecule is CN(C(=O)c1ccccc1)c1cccc(C(=O)Nc2c(Br)cc(C(F)(C(F)(F)F)C(F)(F)F)cc2I)c1F. The van der Waals surface area contributed by atoms with Gasteiger partial charge in [0.2, 0.25) is 0 Å². The summed E-state index contributed by atoms with van der Waals surface area (Å²) in [4.78, 5) is 26.5. The molecule has 0 heterocycles. The van der Waals surface area contributed by atoms with E-state index >= 15 is 4.39 Å². The zero-order valence-electron chi connectivity index (χ0n) is 18.8. The van der Waals surface area contributed by atoms with Crippen molar-refractivity contribution in [2.75, 3.05) is 17.3 Å². The molecule has 0 radical (unpaired) electrons. The number of carbonyl (C=O) groups is 2. The lowest BCUT2D eigenvalue weighted by atomic mass is 9.94. The molecule has 4 nitrogen and oxygen atoms in total. The Labute approximate surface area is 232 Å². The van der Waals surface area contributed by atoms with Gasteiger partial charge in [0.05, 0.1) is 16.9 Å². The summed E-state index contributed by atoms with van der Waals surface area (Å²) in [7, 11) is 1.28. The minimum absolute atomic E-state index is 0.234. The van der Waals surface area contributed by atoms with Crippen molar-refractivity contribution in [2.45, 2.75) is 18.0 Å². The van der Waals surface area contributed by atoms with Gasteiger partial charge in [-0.3, -0.25) is 9.59 Å². The second-order valence-corrected chi connectivity index (χ2v) is 9.81. The van der Waals surface area contributed by atoms with E-state index in [1.54, 1.807) is 18.2 Å². The number of benzene rings is 3. The fraction of sp³-hybridized carbons (Fsp3) is 0.167. The molecule has 2 amide bonds. The topological polar surface area (TPSA) is 49.4 Å². The Morgan fingerprint density at radius 2 is 1.47 bits per heavy atom. The Morgan fingerprint density at radius 1 is 0.895 bits per heavy atom. The van der Waals surface area contributed by atoms with Crippen molar-refractivity contribution in [1.29, 1.82) is 0 Å². The van der Waals surface area contributed by atoms with Crippen LogP contribution < -0.4 is 10.2 Å². The highest BCUT2D eigenvalue weighted by Crippen LogP contribution is 2.54. The largest absolute Gasteiger partial charge is 0.435 e. The van der Waals surface area contributed by atoms with E-state index in [0.29, 0.717) is 0 Å². The van der Waals surface area contributed by atoms with Crippen molar-refractivity contribution < 1.29 is 44.7 Å². The van der Waals surface area contributed by atoms with E-state index in [4.69, 9.17) is 0 Å². The Balaban J connectivity index is 1.96. The molecule has 0 bridgehead atoms. The summed E-state index contributed by atoms with van der Waals surface area (Å²) in [6.45, 7) is 0. The maximum Gasteiger partial charge on any atom is 0.435 e. The number of anilines is 2. The third kappa shape index (κ3) is 5.51. The van der Waals surface area contributed by atoms with E-state index in [1.165, 1.54) is 53.9 Å². The van der Waals surface area contributed by atoms with Gasteiger partial charge >= 0.3 is 18.0 Å². The van der Waals surface area contributed by atoms with Crippen molar-refractivity contribution in [2.24, 2.45) is 0 Å². The van der Waals surface area contributed by atoms with Gasteiger partial charge in [-0.25, -0.2) is 8.78 Å². The quantitative estimate of drug-likeness (QED) is 0.215. The molecule has 0 unspecified atom stereocenters. The minimum Gasteiger partial charge on any atom is -0.320 e. The Bertz CT molecular complexity index is 1340. The van der Waals surface area contributed by atoms with E-state index < -0.39 is 54.8 Å². The van der Waals surface area contributed by atoms with Crippen LogP contribution in [0.3, 0.4) is 0 Å². The Kier molecular flexibility index (Phi) is 8.46. The smallest absolute Gasteiger partial charge is 0.320 e. The molecule has 202 valence electrons. The van der Waals surface area contributed by atoms with E-state index in [1.807, 2.05) is 0 Å². The molecule has 0 aliphatic carbocycles. The first kappa shape index (κ1) is 29.8. The molecule has 38 heavy (non-hydrogen) atoms. The molecule has 0 saturated carbocycles. The molecule has 0 atom stereocenters. The number of hydrogen-bond acceptors (Lipinski definition) is 2. The zero-order valence-corrected chi connectivity index (χ0v) is 22.6. The average molecular weight is 721 g/mol. The van der Waals surface area contributed by atoms with Crippen molar-refractivity contribution in [1.82, 2.24) is 0 Å². The van der Waals surface area contributed by atoms with Gasteiger partial charge in [-0.1, -0.05) is 24.3 Å². The average Bonchev–Trinajstić information content (AvgIpc) is 2.83. The van der Waals surface area contributed by atoms with Gasteiger partial charge < -0.3 is 10.2 Å². The molecule has 1 N–H and O–H groups in total.